The van der Waals surface area contributed by atoms with E-state index in [4.69, 9.17) is 47.4 Å². The molecule has 0 aromatic carbocycles. The third-order valence-electron chi connectivity index (χ3n) is 12.8. The zero-order valence-corrected chi connectivity index (χ0v) is 38.8. The fourth-order valence-electron chi connectivity index (χ4n) is 8.76. The highest BCUT2D eigenvalue weighted by Crippen LogP contribution is 2.38. The molecular weight excluding hydrogens is 988 g/mol. The number of hydrogen-bond acceptors (Lipinski definition) is 30. The van der Waals surface area contributed by atoms with Crippen molar-refractivity contribution >= 4 is 18.1 Å². The molecule has 72 heavy (non-hydrogen) atoms. The molecule has 32 heteroatoms. The fourth-order valence-corrected chi connectivity index (χ4v) is 8.76. The summed E-state index contributed by atoms with van der Waals surface area (Å²) < 4.78 is 58.1. The molecule has 29 atom stereocenters. The second-order valence-corrected chi connectivity index (χ2v) is 17.9. The van der Waals surface area contributed by atoms with Crippen LogP contribution in [-0.2, 0) is 61.8 Å². The van der Waals surface area contributed by atoms with E-state index in [1.165, 1.54) is 6.92 Å². The summed E-state index contributed by atoms with van der Waals surface area (Å²) in [4.78, 5) is 36.3. The average Bonchev–Trinajstić information content (AvgIpc) is 3.34. The first-order valence-corrected chi connectivity index (χ1v) is 22.7. The van der Waals surface area contributed by atoms with E-state index in [1.54, 1.807) is 0 Å². The fraction of sp³-hybridized carbons (Fsp3) is 0.925. The number of hydrogen-bond donors (Lipinski definition) is 19. The smallest absolute Gasteiger partial charge is 0.217 e. The largest absolute Gasteiger partial charge is 0.396 e. The molecule has 0 aromatic heterocycles. The Bertz CT molecular complexity index is 1710. The normalized spacial score (nSPS) is 45.6. The van der Waals surface area contributed by atoms with Gasteiger partial charge in [-0.15, -0.1) is 0 Å². The van der Waals surface area contributed by atoms with Gasteiger partial charge in [-0.2, -0.15) is 0 Å². The molecule has 0 aromatic rings. The Morgan fingerprint density at radius 2 is 1.03 bits per heavy atom. The van der Waals surface area contributed by atoms with Gasteiger partial charge < -0.3 is 150 Å². The summed E-state index contributed by atoms with van der Waals surface area (Å²) >= 11 is 0. The highest BCUT2D eigenvalue weighted by molar-refractivity contribution is 5.73. The van der Waals surface area contributed by atoms with E-state index < -0.39 is 223 Å². The van der Waals surface area contributed by atoms with E-state index in [9.17, 15) is 101 Å². The van der Waals surface area contributed by atoms with Gasteiger partial charge in [0.25, 0.3) is 0 Å². The Kier molecular flexibility index (Phi) is 22.3. The minimum Gasteiger partial charge on any atom is -0.396 e. The van der Waals surface area contributed by atoms with Crippen molar-refractivity contribution in [2.75, 3.05) is 33.0 Å². The van der Waals surface area contributed by atoms with Crippen LogP contribution in [0.1, 0.15) is 20.8 Å². The van der Waals surface area contributed by atoms with Crippen LogP contribution in [0.3, 0.4) is 0 Å². The van der Waals surface area contributed by atoms with Crippen LogP contribution in [0.5, 0.6) is 0 Å². The molecule has 19 N–H and O–H groups in total. The number of aldehydes is 1. The van der Waals surface area contributed by atoms with Gasteiger partial charge in [-0.25, -0.2) is 0 Å². The van der Waals surface area contributed by atoms with Crippen LogP contribution in [0, 0.1) is 5.92 Å². The third kappa shape index (κ3) is 13.4. The van der Waals surface area contributed by atoms with Gasteiger partial charge in [0, 0.05) is 13.8 Å². The summed E-state index contributed by atoms with van der Waals surface area (Å²) in [6.45, 7) is -1.98. The zero-order valence-electron chi connectivity index (χ0n) is 38.8. The molecule has 0 aliphatic carbocycles. The maximum atomic E-state index is 12.8. The maximum absolute atomic E-state index is 12.8. The van der Waals surface area contributed by atoms with Gasteiger partial charge in [0.15, 0.2) is 44.0 Å². The summed E-state index contributed by atoms with van der Waals surface area (Å²) in [5.41, 5.74) is 0. The quantitative estimate of drug-likeness (QED) is 0.0475. The average molecular weight is 1060 g/mol. The lowest BCUT2D eigenvalue weighted by atomic mass is 9.92. The van der Waals surface area contributed by atoms with Gasteiger partial charge in [0.05, 0.1) is 51.2 Å². The SMILES string of the molecule is CC(=O)N[C@H]1C(O[C@@H]2[C@@H](O[C@@H]3O[C@@H](C)[C@@H](O)[C@@H](O)[C@@H]3O)O[C@H](O[C@H]3[C@H](O)[C@@H](CO)OC(O[C@H]4[C@@H](O)[C@@H](CO)O[C@@H](O[C@@H]([C@H](O)[C@@H](O)C=O)[C@H](O)CO)[C@@H]4O)[C@@H]3NC(C)=O)[C@H](CO)[C@@H]2O)O[C@H](CO)[C@H](O)[C@@H]1O. The zero-order chi connectivity index (χ0) is 53.6. The van der Waals surface area contributed by atoms with Crippen molar-refractivity contribution in [2.45, 2.75) is 193 Å². The van der Waals surface area contributed by atoms with Crippen molar-refractivity contribution in [2.24, 2.45) is 5.92 Å². The topological polar surface area (TPSA) is 511 Å². The molecule has 2 unspecified atom stereocenters. The summed E-state index contributed by atoms with van der Waals surface area (Å²) in [6.07, 6.45) is -51.3. The van der Waals surface area contributed by atoms with E-state index in [0.29, 0.717) is 0 Å². The molecule has 5 heterocycles. The predicted octanol–water partition coefficient (Wildman–Crippen LogP) is -12.7. The highest BCUT2D eigenvalue weighted by atomic mass is 16.8. The predicted molar refractivity (Wildman–Crippen MR) is 222 cm³/mol. The van der Waals surface area contributed by atoms with Crippen LogP contribution in [0.25, 0.3) is 0 Å². The van der Waals surface area contributed by atoms with Crippen molar-refractivity contribution in [1.82, 2.24) is 10.6 Å². The van der Waals surface area contributed by atoms with Gasteiger partial charge in [-0.1, -0.05) is 0 Å². The molecule has 5 saturated heterocycles. The van der Waals surface area contributed by atoms with Gasteiger partial charge in [-0.3, -0.25) is 9.59 Å². The van der Waals surface area contributed by atoms with Gasteiger partial charge in [0.1, 0.15) is 122 Å². The lowest BCUT2D eigenvalue weighted by Crippen LogP contribution is -2.70. The Balaban J connectivity index is 1.51. The summed E-state index contributed by atoms with van der Waals surface area (Å²) in [5, 5.41) is 186. The number of ether oxygens (including phenoxy) is 10. The van der Waals surface area contributed by atoms with Crippen molar-refractivity contribution in [1.29, 1.82) is 0 Å². The first kappa shape index (κ1) is 60.4. The van der Waals surface area contributed by atoms with E-state index in [-0.39, 0.29) is 6.29 Å². The number of rotatable bonds is 21. The van der Waals surface area contributed by atoms with Crippen molar-refractivity contribution < 1.29 is 149 Å². The Hall–Kier alpha value is -2.47. The molecule has 32 nitrogen and oxygen atoms in total. The van der Waals surface area contributed by atoms with Crippen LogP contribution in [0.4, 0.5) is 0 Å². The molecule has 0 radical (unpaired) electrons. The van der Waals surface area contributed by atoms with Crippen LogP contribution < -0.4 is 10.6 Å². The lowest BCUT2D eigenvalue weighted by Gasteiger charge is -2.51. The van der Waals surface area contributed by atoms with Crippen LogP contribution >= 0.6 is 0 Å². The van der Waals surface area contributed by atoms with Crippen LogP contribution in [0.2, 0.25) is 0 Å². The molecule has 0 bridgehead atoms. The van der Waals surface area contributed by atoms with E-state index in [0.717, 1.165) is 13.8 Å². The summed E-state index contributed by atoms with van der Waals surface area (Å²) in [6, 6.07) is -3.50. The van der Waals surface area contributed by atoms with Gasteiger partial charge in [-0.05, 0) is 6.92 Å². The molecule has 0 saturated carbocycles. The molecule has 2 amide bonds. The maximum Gasteiger partial charge on any atom is 0.217 e. The van der Waals surface area contributed by atoms with E-state index in [1.807, 2.05) is 0 Å². The molecule has 5 aliphatic rings. The molecule has 418 valence electrons. The monoisotopic (exact) mass is 1060 g/mol. The number of amides is 2. The van der Waals surface area contributed by atoms with Crippen molar-refractivity contribution in [3.05, 3.63) is 0 Å². The van der Waals surface area contributed by atoms with Crippen LogP contribution in [0.15, 0.2) is 0 Å². The third-order valence-corrected chi connectivity index (χ3v) is 12.8. The second-order valence-electron chi connectivity index (χ2n) is 17.9. The van der Waals surface area contributed by atoms with E-state index in [2.05, 4.69) is 10.6 Å². The molecule has 0 spiro atoms. The Morgan fingerprint density at radius 1 is 0.514 bits per heavy atom. The summed E-state index contributed by atoms with van der Waals surface area (Å²) in [5.74, 6) is -3.44. The number of carbonyl (C=O) groups is 3. The first-order chi connectivity index (χ1) is 34.0. The van der Waals surface area contributed by atoms with Crippen molar-refractivity contribution in [3.63, 3.8) is 0 Å². The minimum absolute atomic E-state index is 0.138. The first-order valence-electron chi connectivity index (χ1n) is 22.7. The number of aliphatic hydroxyl groups excluding tert-OH is 17. The molecule has 5 fully saturated rings. The van der Waals surface area contributed by atoms with Crippen LogP contribution in [-0.4, -0.2) is 310 Å². The number of carbonyl (C=O) groups excluding carboxylic acids is 3. The number of nitrogens with one attached hydrogen (secondary N) is 2. The van der Waals surface area contributed by atoms with Gasteiger partial charge >= 0.3 is 0 Å². The Labute approximate surface area is 408 Å². The molecular formula is C40H68N2O30. The van der Waals surface area contributed by atoms with E-state index >= 15 is 0 Å². The second kappa shape index (κ2) is 26.5. The minimum atomic E-state index is -2.27. The molecule has 5 rings (SSSR count). The highest BCUT2D eigenvalue weighted by Gasteiger charge is 2.58. The molecule has 5 aliphatic heterocycles. The standard InChI is InChI=1S/C40H68N2O30/c1-10-21(53)28(60)29(61)38(63-10)72-40-34(70-36-19(41-11(2)49)27(59)24(56)16(7-46)64-36)22(54)13(4-43)35(71-40)68-32-20(42-12(3)50)37(65-17(8-47)25(32)57)69-33-26(58)18(9-48)66-39(30(33)62)67-31(15(52)6-45)23(55)14(51)5-44/h5,10,13-40,43,45-48,51-62H,4,6-9H2,1-3H3,(H,41,49)(H,42,50)/t10-,13+,14-,15+,16+,17+,18+,19+,20+,21+,22-,23+,24-,25+,26-,27+,28+,29-,30+,31+,32+,33-,34-,35-,36?,37?,38-,39-,40+/m0/s1. The van der Waals surface area contributed by atoms with Crippen molar-refractivity contribution in [3.8, 4) is 0 Å². The lowest BCUT2D eigenvalue weighted by molar-refractivity contribution is -0.421. The van der Waals surface area contributed by atoms with Gasteiger partial charge in [0.2, 0.25) is 11.8 Å². The summed E-state index contributed by atoms with van der Waals surface area (Å²) in [7, 11) is 0. The number of aliphatic hydroxyl groups is 17. The Morgan fingerprint density at radius 3 is 1.57 bits per heavy atom.